The topological polar surface area (TPSA) is 20.2 Å². The van der Waals surface area contributed by atoms with Crippen molar-refractivity contribution < 1.29 is 5.11 Å². The summed E-state index contributed by atoms with van der Waals surface area (Å²) in [6.45, 7) is 0. The van der Waals surface area contributed by atoms with Crippen LogP contribution in [0.4, 0.5) is 0 Å². The molecule has 1 aromatic heterocycles. The van der Waals surface area contributed by atoms with Gasteiger partial charge < -0.3 is 5.11 Å². The van der Waals surface area contributed by atoms with Crippen LogP contribution in [-0.4, -0.2) is 5.11 Å². The molecule has 1 nitrogen and oxygen atoms in total. The van der Waals surface area contributed by atoms with E-state index in [-0.39, 0.29) is 0 Å². The summed E-state index contributed by atoms with van der Waals surface area (Å²) in [5.74, 6) is 0. The second-order valence-corrected chi connectivity index (χ2v) is 6.46. The predicted octanol–water partition coefficient (Wildman–Crippen LogP) is 5.40. The lowest BCUT2D eigenvalue weighted by atomic mass is 10.0. The highest BCUT2D eigenvalue weighted by Crippen LogP contribution is 2.35. The van der Waals surface area contributed by atoms with Crippen LogP contribution in [0, 0.1) is 0 Å². The van der Waals surface area contributed by atoms with Crippen molar-refractivity contribution in [2.75, 3.05) is 0 Å². The molecular weight excluding hydrogens is 344 g/mol. The minimum Gasteiger partial charge on any atom is -0.384 e. The molecule has 1 heterocycles. The Labute approximate surface area is 128 Å². The van der Waals surface area contributed by atoms with Crippen LogP contribution >= 0.6 is 38.9 Å². The van der Waals surface area contributed by atoms with Gasteiger partial charge in [-0.1, -0.05) is 45.7 Å². The van der Waals surface area contributed by atoms with Gasteiger partial charge in [0.25, 0.3) is 0 Å². The highest BCUT2D eigenvalue weighted by Gasteiger charge is 2.17. The van der Waals surface area contributed by atoms with E-state index in [2.05, 4.69) is 28.1 Å². The van der Waals surface area contributed by atoms with Crippen molar-refractivity contribution in [2.24, 2.45) is 0 Å². The zero-order valence-corrected chi connectivity index (χ0v) is 13.0. The van der Waals surface area contributed by atoms with E-state index in [9.17, 15) is 5.11 Å². The monoisotopic (exact) mass is 352 g/mol. The molecule has 3 rings (SSSR count). The van der Waals surface area contributed by atoms with Crippen LogP contribution in [0.5, 0.6) is 0 Å². The first kappa shape index (κ1) is 13.1. The molecule has 0 aliphatic rings. The zero-order chi connectivity index (χ0) is 13.4. The van der Waals surface area contributed by atoms with Crippen LogP contribution in [0.15, 0.2) is 52.3 Å². The molecule has 0 saturated carbocycles. The molecule has 0 aliphatic carbocycles. The molecule has 0 amide bonds. The van der Waals surface area contributed by atoms with Gasteiger partial charge in [0, 0.05) is 25.3 Å². The molecule has 19 heavy (non-hydrogen) atoms. The Morgan fingerprint density at radius 3 is 2.79 bits per heavy atom. The first-order chi connectivity index (χ1) is 9.16. The van der Waals surface area contributed by atoms with E-state index >= 15 is 0 Å². The van der Waals surface area contributed by atoms with Crippen molar-refractivity contribution in [3.63, 3.8) is 0 Å². The minimum absolute atomic E-state index is 0.621. The molecule has 0 radical (unpaired) electrons. The minimum atomic E-state index is -0.685. The molecule has 0 aliphatic heterocycles. The summed E-state index contributed by atoms with van der Waals surface area (Å²) in [5.41, 5.74) is 1.70. The van der Waals surface area contributed by atoms with E-state index in [4.69, 9.17) is 11.6 Å². The lowest BCUT2D eigenvalue weighted by molar-refractivity contribution is 0.221. The summed E-state index contributed by atoms with van der Waals surface area (Å²) in [4.78, 5) is 0. The highest BCUT2D eigenvalue weighted by atomic mass is 79.9. The molecule has 3 aromatic rings. The van der Waals surface area contributed by atoms with Gasteiger partial charge in [-0.15, -0.1) is 11.3 Å². The van der Waals surface area contributed by atoms with Gasteiger partial charge in [-0.25, -0.2) is 0 Å². The predicted molar refractivity (Wildman–Crippen MR) is 85.0 cm³/mol. The largest absolute Gasteiger partial charge is 0.384 e. The number of aliphatic hydroxyl groups is 1. The highest BCUT2D eigenvalue weighted by molar-refractivity contribution is 9.10. The maximum Gasteiger partial charge on any atom is 0.107 e. The normalized spacial score (nSPS) is 12.8. The number of halogens is 2. The molecule has 0 spiro atoms. The molecule has 96 valence electrons. The molecule has 1 N–H and O–H groups in total. The van der Waals surface area contributed by atoms with Gasteiger partial charge >= 0.3 is 0 Å². The van der Waals surface area contributed by atoms with Gasteiger partial charge in [-0.3, -0.25) is 0 Å². The van der Waals surface area contributed by atoms with Gasteiger partial charge in [-0.2, -0.15) is 0 Å². The molecule has 0 bridgehead atoms. The quantitative estimate of drug-likeness (QED) is 0.654. The maximum absolute atomic E-state index is 10.6. The molecule has 0 saturated heterocycles. The standard InChI is InChI=1S/C15H10BrClOS/c16-13-5-4-10(17)8-12(13)14(18)11-3-1-2-9-6-7-19-15(9)11/h1-8,14,18H. The summed E-state index contributed by atoms with van der Waals surface area (Å²) < 4.78 is 1.97. The number of rotatable bonds is 2. The van der Waals surface area contributed by atoms with E-state index < -0.39 is 6.10 Å². The van der Waals surface area contributed by atoms with Crippen molar-refractivity contribution in [3.8, 4) is 0 Å². The van der Waals surface area contributed by atoms with Crippen molar-refractivity contribution in [3.05, 3.63) is 68.5 Å². The lowest BCUT2D eigenvalue weighted by Crippen LogP contribution is -2.00. The molecule has 1 unspecified atom stereocenters. The van der Waals surface area contributed by atoms with Gasteiger partial charge in [-0.05, 0) is 35.0 Å². The van der Waals surface area contributed by atoms with Crippen molar-refractivity contribution >= 4 is 49.0 Å². The first-order valence-electron chi connectivity index (χ1n) is 5.76. The third kappa shape index (κ3) is 2.43. The summed E-state index contributed by atoms with van der Waals surface area (Å²) >= 11 is 11.1. The van der Waals surface area contributed by atoms with E-state index in [1.165, 1.54) is 0 Å². The Hall–Kier alpha value is -0.870. The maximum atomic E-state index is 10.6. The molecule has 1 atom stereocenters. The van der Waals surface area contributed by atoms with Crippen LogP contribution in [0.2, 0.25) is 5.02 Å². The smallest absolute Gasteiger partial charge is 0.107 e. The fourth-order valence-electron chi connectivity index (χ4n) is 2.12. The van der Waals surface area contributed by atoms with Crippen molar-refractivity contribution in [2.45, 2.75) is 6.10 Å². The van der Waals surface area contributed by atoms with E-state index in [1.807, 2.05) is 23.6 Å². The number of thiophene rings is 1. The second kappa shape index (κ2) is 5.25. The van der Waals surface area contributed by atoms with Crippen molar-refractivity contribution in [1.29, 1.82) is 0 Å². The average Bonchev–Trinajstić information content (AvgIpc) is 2.89. The number of hydrogen-bond donors (Lipinski definition) is 1. The Balaban J connectivity index is 2.15. The van der Waals surface area contributed by atoms with Crippen LogP contribution < -0.4 is 0 Å². The van der Waals surface area contributed by atoms with Crippen LogP contribution in [0.3, 0.4) is 0 Å². The Kier molecular flexibility index (Phi) is 3.63. The van der Waals surface area contributed by atoms with Gasteiger partial charge in [0.15, 0.2) is 0 Å². The molecule has 0 fully saturated rings. The average molecular weight is 354 g/mol. The van der Waals surface area contributed by atoms with E-state index in [0.717, 1.165) is 25.7 Å². The van der Waals surface area contributed by atoms with E-state index in [1.54, 1.807) is 23.5 Å². The van der Waals surface area contributed by atoms with Crippen molar-refractivity contribution in [1.82, 2.24) is 0 Å². The van der Waals surface area contributed by atoms with Gasteiger partial charge in [0.2, 0.25) is 0 Å². The fraction of sp³-hybridized carbons (Fsp3) is 0.0667. The summed E-state index contributed by atoms with van der Waals surface area (Å²) in [7, 11) is 0. The summed E-state index contributed by atoms with van der Waals surface area (Å²) in [6.07, 6.45) is -0.685. The molecule has 2 aromatic carbocycles. The van der Waals surface area contributed by atoms with Crippen LogP contribution in [0.25, 0.3) is 10.1 Å². The number of aliphatic hydroxyl groups excluding tert-OH is 1. The zero-order valence-electron chi connectivity index (χ0n) is 9.81. The second-order valence-electron chi connectivity index (χ2n) is 4.25. The third-order valence-corrected chi connectivity index (χ3v) is 4.99. The Bertz CT molecular complexity index is 738. The number of benzene rings is 2. The SMILES string of the molecule is OC(c1cc(Cl)ccc1Br)c1cccc2ccsc12. The third-order valence-electron chi connectivity index (χ3n) is 3.06. The number of fused-ring (bicyclic) bond motifs is 1. The van der Waals surface area contributed by atoms with Gasteiger partial charge in [0.1, 0.15) is 6.10 Å². The fourth-order valence-corrected chi connectivity index (χ4v) is 3.71. The first-order valence-corrected chi connectivity index (χ1v) is 7.81. The Morgan fingerprint density at radius 1 is 1.11 bits per heavy atom. The lowest BCUT2D eigenvalue weighted by Gasteiger charge is -2.14. The Morgan fingerprint density at radius 2 is 1.95 bits per heavy atom. The molecular formula is C15H10BrClOS. The van der Waals surface area contributed by atoms with Crippen LogP contribution in [-0.2, 0) is 0 Å². The molecule has 4 heteroatoms. The number of hydrogen-bond acceptors (Lipinski definition) is 2. The summed E-state index contributed by atoms with van der Waals surface area (Å²) in [6, 6.07) is 13.5. The van der Waals surface area contributed by atoms with Crippen LogP contribution in [0.1, 0.15) is 17.2 Å². The van der Waals surface area contributed by atoms with E-state index in [0.29, 0.717) is 5.02 Å². The summed E-state index contributed by atoms with van der Waals surface area (Å²) in [5, 5.41) is 14.4. The van der Waals surface area contributed by atoms with Gasteiger partial charge in [0.05, 0.1) is 0 Å².